The molecule has 2 aromatic carbocycles. The number of nitrogens with zero attached hydrogens (tertiary/aromatic N) is 5. The van der Waals surface area contributed by atoms with E-state index in [0.29, 0.717) is 11.1 Å². The number of aromatic amines is 1. The van der Waals surface area contributed by atoms with E-state index in [1.54, 1.807) is 30.5 Å². The number of rotatable bonds is 5. The van der Waals surface area contributed by atoms with Crippen molar-refractivity contribution in [1.82, 2.24) is 15.0 Å². The molecule has 2 N–H and O–H groups in total. The third-order valence-corrected chi connectivity index (χ3v) is 4.56. The van der Waals surface area contributed by atoms with Crippen LogP contribution in [0.2, 0.25) is 0 Å². The van der Waals surface area contributed by atoms with Gasteiger partial charge in [-0.1, -0.05) is 54.6 Å². The topological polar surface area (TPSA) is 131 Å². The molecule has 0 aliphatic rings. The van der Waals surface area contributed by atoms with Gasteiger partial charge in [-0.15, -0.1) is 0 Å². The summed E-state index contributed by atoms with van der Waals surface area (Å²) < 4.78 is 0. The van der Waals surface area contributed by atoms with Gasteiger partial charge in [0, 0.05) is 17.3 Å². The van der Waals surface area contributed by atoms with Gasteiger partial charge in [-0.25, -0.2) is 10.4 Å². The van der Waals surface area contributed by atoms with Gasteiger partial charge in [-0.2, -0.15) is 15.6 Å². The maximum Gasteiger partial charge on any atom is 0.270 e. The molecule has 0 aliphatic heterocycles. The number of aromatic nitrogens is 3. The quantitative estimate of drug-likeness (QED) is 0.376. The number of nitrogens with one attached hydrogen (secondary N) is 2. The van der Waals surface area contributed by atoms with E-state index in [4.69, 9.17) is 5.26 Å². The van der Waals surface area contributed by atoms with Gasteiger partial charge in [0.15, 0.2) is 0 Å². The summed E-state index contributed by atoms with van der Waals surface area (Å²) in [5.41, 5.74) is 6.04. The van der Waals surface area contributed by atoms with Crippen LogP contribution in [-0.4, -0.2) is 21.2 Å². The van der Waals surface area contributed by atoms with Crippen molar-refractivity contribution in [1.29, 1.82) is 10.5 Å². The van der Waals surface area contributed by atoms with Crippen LogP contribution in [0.4, 0.5) is 5.95 Å². The molecule has 0 spiro atoms. The molecular weight excluding hydrogens is 402 g/mol. The van der Waals surface area contributed by atoms with Gasteiger partial charge >= 0.3 is 0 Å². The zero-order valence-electron chi connectivity index (χ0n) is 16.6. The number of benzene rings is 2. The summed E-state index contributed by atoms with van der Waals surface area (Å²) in [7, 11) is 0. The van der Waals surface area contributed by atoms with E-state index in [9.17, 15) is 10.1 Å². The summed E-state index contributed by atoms with van der Waals surface area (Å²) >= 11 is 0. The van der Waals surface area contributed by atoms with E-state index in [0.717, 1.165) is 16.8 Å². The predicted octanol–water partition coefficient (Wildman–Crippen LogP) is 3.69. The van der Waals surface area contributed by atoms with Gasteiger partial charge in [-0.3, -0.25) is 14.8 Å². The van der Waals surface area contributed by atoms with E-state index in [-0.39, 0.29) is 17.2 Å². The highest BCUT2D eigenvalue weighted by Crippen LogP contribution is 2.20. The van der Waals surface area contributed by atoms with Crippen molar-refractivity contribution in [2.45, 2.75) is 0 Å². The number of H-pyrrole nitrogens is 1. The smallest absolute Gasteiger partial charge is 0.270 e. The fourth-order valence-electron chi connectivity index (χ4n) is 2.97. The Labute approximate surface area is 183 Å². The lowest BCUT2D eigenvalue weighted by atomic mass is 10.1. The van der Waals surface area contributed by atoms with Crippen molar-refractivity contribution in [2.75, 3.05) is 5.43 Å². The van der Waals surface area contributed by atoms with Crippen LogP contribution in [0.3, 0.4) is 0 Å². The minimum atomic E-state index is -0.543. The standard InChI is InChI=1S/C24H15N7O/c25-12-17-8-11-21(27-14-17)18-9-6-16(7-10-18)15-28-31-24-29-22(19-4-2-1-3-5-19)20(13-26)23(32)30-24/h1-11,14-15H,(H2,29,30,31,32). The molecule has 0 fully saturated rings. The summed E-state index contributed by atoms with van der Waals surface area (Å²) in [5, 5.41) is 22.3. The molecule has 0 atom stereocenters. The van der Waals surface area contributed by atoms with Gasteiger partial charge < -0.3 is 0 Å². The first-order valence-corrected chi connectivity index (χ1v) is 9.53. The van der Waals surface area contributed by atoms with Crippen molar-refractivity contribution in [2.24, 2.45) is 5.10 Å². The highest BCUT2D eigenvalue weighted by atomic mass is 16.1. The number of pyridine rings is 1. The van der Waals surface area contributed by atoms with Gasteiger partial charge in [0.25, 0.3) is 5.56 Å². The SMILES string of the molecule is N#Cc1ccc(-c2ccc(C=NNc3nc(-c4ccccc4)c(C#N)c(=O)[nH]3)cc2)nc1. The highest BCUT2D eigenvalue weighted by Gasteiger charge is 2.12. The van der Waals surface area contributed by atoms with E-state index in [1.165, 1.54) is 6.20 Å². The summed E-state index contributed by atoms with van der Waals surface area (Å²) in [6, 6.07) is 24.0. The summed E-state index contributed by atoms with van der Waals surface area (Å²) in [4.78, 5) is 23.4. The van der Waals surface area contributed by atoms with Crippen LogP contribution in [0.15, 0.2) is 82.8 Å². The first-order chi connectivity index (χ1) is 15.7. The van der Waals surface area contributed by atoms with Crippen LogP contribution in [0, 0.1) is 22.7 Å². The number of hydrogen-bond acceptors (Lipinski definition) is 7. The first-order valence-electron chi connectivity index (χ1n) is 9.53. The molecular formula is C24H15N7O. The predicted molar refractivity (Wildman–Crippen MR) is 121 cm³/mol. The molecule has 0 aliphatic carbocycles. The summed E-state index contributed by atoms with van der Waals surface area (Å²) in [6.45, 7) is 0. The molecule has 0 amide bonds. The average molecular weight is 417 g/mol. The highest BCUT2D eigenvalue weighted by molar-refractivity contribution is 5.81. The third-order valence-electron chi connectivity index (χ3n) is 4.56. The number of hydrazone groups is 1. The van der Waals surface area contributed by atoms with Crippen LogP contribution >= 0.6 is 0 Å². The molecule has 0 bridgehead atoms. The Balaban J connectivity index is 1.52. The lowest BCUT2D eigenvalue weighted by Crippen LogP contribution is -2.16. The Hall–Kier alpha value is -5.08. The minimum absolute atomic E-state index is 0.0577. The summed E-state index contributed by atoms with van der Waals surface area (Å²) in [6.07, 6.45) is 3.11. The molecule has 32 heavy (non-hydrogen) atoms. The molecule has 0 unspecified atom stereocenters. The monoisotopic (exact) mass is 417 g/mol. The maximum absolute atomic E-state index is 12.3. The third kappa shape index (κ3) is 4.40. The van der Waals surface area contributed by atoms with Crippen molar-refractivity contribution in [3.05, 3.63) is 100.0 Å². The van der Waals surface area contributed by atoms with Crippen LogP contribution in [0.25, 0.3) is 22.5 Å². The largest absolute Gasteiger partial charge is 0.290 e. The normalized spacial score (nSPS) is 10.4. The second-order valence-electron chi connectivity index (χ2n) is 6.65. The maximum atomic E-state index is 12.3. The lowest BCUT2D eigenvalue weighted by molar-refractivity contribution is 1.08. The van der Waals surface area contributed by atoms with Gasteiger partial charge in [0.05, 0.1) is 23.2 Å². The number of hydrogen-bond donors (Lipinski definition) is 2. The van der Waals surface area contributed by atoms with E-state index >= 15 is 0 Å². The summed E-state index contributed by atoms with van der Waals surface area (Å²) in [5.74, 6) is 0.127. The van der Waals surface area contributed by atoms with Crippen molar-refractivity contribution < 1.29 is 0 Å². The zero-order chi connectivity index (χ0) is 22.3. The van der Waals surface area contributed by atoms with Gasteiger partial charge in [0.1, 0.15) is 17.7 Å². The van der Waals surface area contributed by atoms with E-state index < -0.39 is 5.56 Å². The Bertz CT molecular complexity index is 1410. The molecule has 0 saturated carbocycles. The molecule has 4 aromatic rings. The molecule has 8 heteroatoms. The Morgan fingerprint density at radius 3 is 2.38 bits per heavy atom. The number of anilines is 1. The van der Waals surface area contributed by atoms with Crippen LogP contribution < -0.4 is 11.0 Å². The zero-order valence-corrected chi connectivity index (χ0v) is 16.6. The van der Waals surface area contributed by atoms with Crippen LogP contribution in [-0.2, 0) is 0 Å². The van der Waals surface area contributed by atoms with Gasteiger partial charge in [-0.05, 0) is 17.7 Å². The van der Waals surface area contributed by atoms with Crippen molar-refractivity contribution in [3.63, 3.8) is 0 Å². The molecule has 0 saturated heterocycles. The number of nitriles is 2. The second-order valence-corrected chi connectivity index (χ2v) is 6.65. The van der Waals surface area contributed by atoms with Crippen LogP contribution in [0.5, 0.6) is 0 Å². The first kappa shape index (κ1) is 20.2. The molecule has 152 valence electrons. The van der Waals surface area contributed by atoms with Gasteiger partial charge in [0.2, 0.25) is 5.95 Å². The Morgan fingerprint density at radius 1 is 0.938 bits per heavy atom. The van der Waals surface area contributed by atoms with Crippen molar-refractivity contribution >= 4 is 12.2 Å². The molecule has 2 heterocycles. The fourth-order valence-corrected chi connectivity index (χ4v) is 2.97. The van der Waals surface area contributed by atoms with Crippen LogP contribution in [0.1, 0.15) is 16.7 Å². The van der Waals surface area contributed by atoms with E-state index in [1.807, 2.05) is 54.6 Å². The fraction of sp³-hybridized carbons (Fsp3) is 0. The molecule has 2 aromatic heterocycles. The average Bonchev–Trinajstić information content (AvgIpc) is 2.85. The minimum Gasteiger partial charge on any atom is -0.290 e. The van der Waals surface area contributed by atoms with Crippen molar-refractivity contribution in [3.8, 4) is 34.7 Å². The molecule has 0 radical (unpaired) electrons. The lowest BCUT2D eigenvalue weighted by Gasteiger charge is -2.06. The second kappa shape index (κ2) is 9.16. The Morgan fingerprint density at radius 2 is 1.72 bits per heavy atom. The molecule has 4 rings (SSSR count). The Kier molecular flexibility index (Phi) is 5.78. The molecule has 8 nitrogen and oxygen atoms in total. The van der Waals surface area contributed by atoms with E-state index in [2.05, 4.69) is 25.5 Å².